The Morgan fingerprint density at radius 2 is 1.81 bits per heavy atom. The third kappa shape index (κ3) is 6.29. The monoisotopic (exact) mass is 293 g/mol. The number of esters is 1. The topological polar surface area (TPSA) is 55.8 Å². The Morgan fingerprint density at radius 3 is 2.38 bits per heavy atom. The van der Waals surface area contributed by atoms with Crippen LogP contribution in [0.2, 0.25) is 0 Å². The van der Waals surface area contributed by atoms with Crippen LogP contribution in [0.4, 0.5) is 0 Å². The Kier molecular flexibility index (Phi) is 7.29. The van der Waals surface area contributed by atoms with Crippen molar-refractivity contribution in [1.82, 2.24) is 4.90 Å². The first-order valence-corrected chi connectivity index (χ1v) is 7.11. The number of methoxy groups -OCH3 is 1. The quantitative estimate of drug-likeness (QED) is 0.689. The lowest BCUT2D eigenvalue weighted by Gasteiger charge is -2.20. The number of amides is 1. The molecule has 0 radical (unpaired) electrons. The number of carbonyl (C=O) groups is 2. The van der Waals surface area contributed by atoms with Crippen molar-refractivity contribution < 1.29 is 19.1 Å². The Balaban J connectivity index is 2.33. The average molecular weight is 293 g/mol. The molecule has 0 saturated carbocycles. The second-order valence-corrected chi connectivity index (χ2v) is 4.71. The van der Waals surface area contributed by atoms with Crippen molar-refractivity contribution in [2.24, 2.45) is 0 Å². The van der Waals surface area contributed by atoms with Crippen molar-refractivity contribution in [3.63, 3.8) is 0 Å². The molecule has 116 valence electrons. The minimum absolute atomic E-state index is 0.0199. The summed E-state index contributed by atoms with van der Waals surface area (Å²) in [5.41, 5.74) is 1.17. The summed E-state index contributed by atoms with van der Waals surface area (Å²) in [6.45, 7) is 5.17. The van der Waals surface area contributed by atoms with Gasteiger partial charge in [0, 0.05) is 13.1 Å². The summed E-state index contributed by atoms with van der Waals surface area (Å²) in [5, 5.41) is 0. The molecule has 1 aromatic carbocycles. The summed E-state index contributed by atoms with van der Waals surface area (Å²) in [6.07, 6.45) is 0.512. The zero-order chi connectivity index (χ0) is 15.7. The Morgan fingerprint density at radius 1 is 1.14 bits per heavy atom. The first-order chi connectivity index (χ1) is 10.1. The Bertz CT molecular complexity index is 456. The van der Waals surface area contributed by atoms with E-state index < -0.39 is 0 Å². The van der Waals surface area contributed by atoms with E-state index in [4.69, 9.17) is 4.74 Å². The Labute approximate surface area is 125 Å². The normalized spacial score (nSPS) is 10.0. The summed E-state index contributed by atoms with van der Waals surface area (Å²) in [7, 11) is 1.34. The van der Waals surface area contributed by atoms with E-state index in [1.165, 1.54) is 12.7 Å². The van der Waals surface area contributed by atoms with Crippen LogP contribution in [0, 0.1) is 6.92 Å². The van der Waals surface area contributed by atoms with E-state index in [-0.39, 0.29) is 18.3 Å². The van der Waals surface area contributed by atoms with Gasteiger partial charge in [-0.2, -0.15) is 0 Å². The standard InChI is InChI=1S/C16H23NO4/c1-4-17(11-9-16(19)20-3)15(18)10-12-21-14-7-5-13(2)6-8-14/h5-8H,4,9-12H2,1-3H3. The van der Waals surface area contributed by atoms with E-state index >= 15 is 0 Å². The highest BCUT2D eigenvalue weighted by Crippen LogP contribution is 2.11. The molecule has 0 unspecified atom stereocenters. The highest BCUT2D eigenvalue weighted by molar-refractivity contribution is 5.77. The van der Waals surface area contributed by atoms with Gasteiger partial charge in [0.2, 0.25) is 5.91 Å². The van der Waals surface area contributed by atoms with Crippen LogP contribution in [-0.4, -0.2) is 43.6 Å². The van der Waals surface area contributed by atoms with Gasteiger partial charge in [-0.25, -0.2) is 0 Å². The molecule has 0 aromatic heterocycles. The summed E-state index contributed by atoms with van der Waals surface area (Å²) >= 11 is 0. The molecule has 0 heterocycles. The van der Waals surface area contributed by atoms with E-state index in [1.807, 2.05) is 38.1 Å². The summed E-state index contributed by atoms with van der Waals surface area (Å²) in [4.78, 5) is 24.7. The SMILES string of the molecule is CCN(CCC(=O)OC)C(=O)CCOc1ccc(C)cc1. The van der Waals surface area contributed by atoms with Crippen LogP contribution in [0.25, 0.3) is 0 Å². The maximum absolute atomic E-state index is 12.0. The number of rotatable bonds is 8. The van der Waals surface area contributed by atoms with Crippen molar-refractivity contribution >= 4 is 11.9 Å². The molecule has 0 aliphatic rings. The number of nitrogens with zero attached hydrogens (tertiary/aromatic N) is 1. The van der Waals surface area contributed by atoms with Crippen LogP contribution in [0.1, 0.15) is 25.3 Å². The molecule has 1 amide bonds. The minimum Gasteiger partial charge on any atom is -0.493 e. The van der Waals surface area contributed by atoms with Crippen LogP contribution >= 0.6 is 0 Å². The third-order valence-corrected chi connectivity index (χ3v) is 3.15. The molecule has 0 atom stereocenters. The molecule has 5 heteroatoms. The lowest BCUT2D eigenvalue weighted by molar-refractivity contribution is -0.141. The fraction of sp³-hybridized carbons (Fsp3) is 0.500. The van der Waals surface area contributed by atoms with E-state index in [2.05, 4.69) is 4.74 Å². The second-order valence-electron chi connectivity index (χ2n) is 4.71. The largest absolute Gasteiger partial charge is 0.493 e. The molecule has 21 heavy (non-hydrogen) atoms. The predicted octanol–water partition coefficient (Wildman–Crippen LogP) is 2.18. The van der Waals surface area contributed by atoms with Gasteiger partial charge >= 0.3 is 5.97 Å². The molecular weight excluding hydrogens is 270 g/mol. The van der Waals surface area contributed by atoms with Crippen LogP contribution in [0.5, 0.6) is 5.75 Å². The number of ether oxygens (including phenoxy) is 2. The van der Waals surface area contributed by atoms with Gasteiger partial charge in [0.15, 0.2) is 0 Å². The number of aryl methyl sites for hydroxylation is 1. The number of benzene rings is 1. The van der Waals surface area contributed by atoms with Crippen molar-refractivity contribution in [2.75, 3.05) is 26.8 Å². The van der Waals surface area contributed by atoms with E-state index in [1.54, 1.807) is 4.90 Å². The molecule has 0 bridgehead atoms. The van der Waals surface area contributed by atoms with Gasteiger partial charge in [-0.05, 0) is 26.0 Å². The molecule has 1 rings (SSSR count). The molecule has 0 N–H and O–H groups in total. The Hall–Kier alpha value is -2.04. The van der Waals surface area contributed by atoms with E-state index in [0.717, 1.165) is 5.75 Å². The molecule has 0 aliphatic heterocycles. The average Bonchev–Trinajstić information content (AvgIpc) is 2.49. The second kappa shape index (κ2) is 9.00. The van der Waals surface area contributed by atoms with Crippen molar-refractivity contribution in [3.8, 4) is 5.75 Å². The number of hydrogen-bond donors (Lipinski definition) is 0. The molecule has 1 aromatic rings. The first-order valence-electron chi connectivity index (χ1n) is 7.11. The lowest BCUT2D eigenvalue weighted by atomic mass is 10.2. The molecule has 0 saturated heterocycles. The molecule has 0 spiro atoms. The van der Waals surface area contributed by atoms with Crippen LogP contribution in [-0.2, 0) is 14.3 Å². The third-order valence-electron chi connectivity index (χ3n) is 3.15. The molecule has 0 fully saturated rings. The van der Waals surface area contributed by atoms with Gasteiger partial charge in [-0.3, -0.25) is 9.59 Å². The smallest absolute Gasteiger partial charge is 0.307 e. The van der Waals surface area contributed by atoms with Gasteiger partial charge in [0.1, 0.15) is 5.75 Å². The van der Waals surface area contributed by atoms with Crippen LogP contribution in [0.3, 0.4) is 0 Å². The highest BCUT2D eigenvalue weighted by Gasteiger charge is 2.13. The van der Waals surface area contributed by atoms with Crippen LogP contribution < -0.4 is 4.74 Å². The number of hydrogen-bond acceptors (Lipinski definition) is 4. The summed E-state index contributed by atoms with van der Waals surface area (Å²) < 4.78 is 10.1. The lowest BCUT2D eigenvalue weighted by Crippen LogP contribution is -2.33. The zero-order valence-electron chi connectivity index (χ0n) is 12.9. The van der Waals surface area contributed by atoms with Crippen molar-refractivity contribution in [3.05, 3.63) is 29.8 Å². The van der Waals surface area contributed by atoms with Gasteiger partial charge in [0.25, 0.3) is 0 Å². The van der Waals surface area contributed by atoms with Gasteiger partial charge in [-0.1, -0.05) is 17.7 Å². The van der Waals surface area contributed by atoms with Crippen molar-refractivity contribution in [2.45, 2.75) is 26.7 Å². The van der Waals surface area contributed by atoms with Gasteiger partial charge in [0.05, 0.1) is 26.6 Å². The van der Waals surface area contributed by atoms with Gasteiger partial charge in [-0.15, -0.1) is 0 Å². The predicted molar refractivity (Wildman–Crippen MR) is 80.2 cm³/mol. The number of carbonyl (C=O) groups excluding carboxylic acids is 2. The molecule has 0 aliphatic carbocycles. The fourth-order valence-corrected chi connectivity index (χ4v) is 1.84. The van der Waals surface area contributed by atoms with Crippen LogP contribution in [0.15, 0.2) is 24.3 Å². The highest BCUT2D eigenvalue weighted by atomic mass is 16.5. The first kappa shape index (κ1) is 17.0. The molecular formula is C16H23NO4. The summed E-state index contributed by atoms with van der Waals surface area (Å²) in [6, 6.07) is 7.70. The fourth-order valence-electron chi connectivity index (χ4n) is 1.84. The van der Waals surface area contributed by atoms with E-state index in [0.29, 0.717) is 26.1 Å². The van der Waals surface area contributed by atoms with Crippen molar-refractivity contribution in [1.29, 1.82) is 0 Å². The summed E-state index contributed by atoms with van der Waals surface area (Å²) in [5.74, 6) is 0.427. The zero-order valence-corrected chi connectivity index (χ0v) is 12.9. The van der Waals surface area contributed by atoms with Gasteiger partial charge < -0.3 is 14.4 Å². The maximum Gasteiger partial charge on any atom is 0.307 e. The maximum atomic E-state index is 12.0. The molecule has 5 nitrogen and oxygen atoms in total. The minimum atomic E-state index is -0.308. The van der Waals surface area contributed by atoms with E-state index in [9.17, 15) is 9.59 Å².